The zero-order valence-corrected chi connectivity index (χ0v) is 12.3. The summed E-state index contributed by atoms with van der Waals surface area (Å²) in [6.07, 6.45) is -5.50. The molecule has 0 atom stereocenters. The number of nitrogens with zero attached hydrogens (tertiary/aromatic N) is 1. The Hall–Kier alpha value is -1.61. The van der Waals surface area contributed by atoms with Crippen molar-refractivity contribution in [1.29, 1.82) is 0 Å². The van der Waals surface area contributed by atoms with Gasteiger partial charge in [-0.3, -0.25) is 4.79 Å². The fourth-order valence-corrected chi connectivity index (χ4v) is 2.46. The van der Waals surface area contributed by atoms with Crippen LogP contribution in [0.2, 0.25) is 0 Å². The zero-order chi connectivity index (χ0) is 16.4. The van der Waals surface area contributed by atoms with E-state index in [9.17, 15) is 26.4 Å². The molecule has 0 fully saturated rings. The van der Waals surface area contributed by atoms with Crippen molar-refractivity contribution in [2.45, 2.75) is 24.4 Å². The number of amides is 1. The minimum Gasteiger partial charge on any atom is -0.341 e. The molecule has 118 valence electrons. The molecular weight excluding hydrogens is 309 g/mol. The number of nitrogens with two attached hydrogens (primary N) is 1. The van der Waals surface area contributed by atoms with Crippen molar-refractivity contribution in [2.75, 3.05) is 13.6 Å². The van der Waals surface area contributed by atoms with E-state index in [1.54, 1.807) is 0 Å². The molecule has 0 saturated heterocycles. The van der Waals surface area contributed by atoms with Crippen LogP contribution in [0.1, 0.15) is 22.3 Å². The molecule has 0 bridgehead atoms. The molecule has 0 heterocycles. The Morgan fingerprint density at radius 3 is 2.38 bits per heavy atom. The summed E-state index contributed by atoms with van der Waals surface area (Å²) in [6.45, 7) is 0.988. The third kappa shape index (κ3) is 5.01. The molecule has 5 nitrogen and oxygen atoms in total. The van der Waals surface area contributed by atoms with Crippen molar-refractivity contribution in [3.05, 3.63) is 29.3 Å². The minimum absolute atomic E-state index is 0.0331. The quantitative estimate of drug-likeness (QED) is 0.915. The maximum Gasteiger partial charge on any atom is 0.390 e. The van der Waals surface area contributed by atoms with E-state index < -0.39 is 35.1 Å². The molecule has 1 amide bonds. The first-order valence-corrected chi connectivity index (χ1v) is 7.42. The Morgan fingerprint density at radius 2 is 1.90 bits per heavy atom. The van der Waals surface area contributed by atoms with Crippen molar-refractivity contribution in [3.63, 3.8) is 0 Å². The summed E-state index contributed by atoms with van der Waals surface area (Å²) < 4.78 is 59.1. The van der Waals surface area contributed by atoms with E-state index in [0.29, 0.717) is 5.56 Å². The minimum atomic E-state index is -4.37. The van der Waals surface area contributed by atoms with Gasteiger partial charge in [0.2, 0.25) is 10.0 Å². The van der Waals surface area contributed by atoms with Crippen molar-refractivity contribution in [1.82, 2.24) is 4.90 Å². The van der Waals surface area contributed by atoms with Crippen LogP contribution in [0.25, 0.3) is 0 Å². The predicted molar refractivity (Wildman–Crippen MR) is 70.2 cm³/mol. The van der Waals surface area contributed by atoms with E-state index in [2.05, 4.69) is 0 Å². The van der Waals surface area contributed by atoms with E-state index in [4.69, 9.17) is 5.14 Å². The zero-order valence-electron chi connectivity index (χ0n) is 11.4. The van der Waals surface area contributed by atoms with Crippen molar-refractivity contribution < 1.29 is 26.4 Å². The van der Waals surface area contributed by atoms with E-state index in [1.807, 2.05) is 0 Å². The van der Waals surface area contributed by atoms with Crippen molar-refractivity contribution in [3.8, 4) is 0 Å². The highest BCUT2D eigenvalue weighted by atomic mass is 32.2. The second kappa shape index (κ2) is 6.02. The summed E-state index contributed by atoms with van der Waals surface area (Å²) in [4.78, 5) is 12.6. The molecule has 1 aromatic carbocycles. The predicted octanol–water partition coefficient (Wildman–Crippen LogP) is 1.67. The standard InChI is InChI=1S/C12H15F3N2O3S/c1-8-3-4-9(7-10(8)21(16,19)20)11(18)17(2)6-5-12(13,14)15/h3-4,7H,5-6H2,1-2H3,(H2,16,19,20). The van der Waals surface area contributed by atoms with Crippen LogP contribution in [-0.2, 0) is 10.0 Å². The summed E-state index contributed by atoms with van der Waals surface area (Å²) in [7, 11) is -2.79. The Balaban J connectivity index is 2.98. The molecule has 1 rings (SSSR count). The molecule has 0 spiro atoms. The van der Waals surface area contributed by atoms with Gasteiger partial charge in [-0.15, -0.1) is 0 Å². The Bertz CT molecular complexity index is 642. The topological polar surface area (TPSA) is 80.5 Å². The number of carbonyl (C=O) groups excluding carboxylic acids is 1. The molecule has 2 N–H and O–H groups in total. The molecule has 9 heteroatoms. The largest absolute Gasteiger partial charge is 0.390 e. The number of sulfonamides is 1. The maximum absolute atomic E-state index is 12.1. The molecule has 0 aliphatic rings. The number of hydrogen-bond donors (Lipinski definition) is 1. The van der Waals surface area contributed by atoms with Gasteiger partial charge in [0.1, 0.15) is 0 Å². The number of aryl methyl sites for hydroxylation is 1. The number of rotatable bonds is 4. The van der Waals surface area contributed by atoms with Gasteiger partial charge < -0.3 is 4.90 Å². The fourth-order valence-electron chi connectivity index (χ4n) is 1.66. The SMILES string of the molecule is Cc1ccc(C(=O)N(C)CCC(F)(F)F)cc1S(N)(=O)=O. The second-order valence-corrected chi connectivity index (χ2v) is 6.15. The van der Waals surface area contributed by atoms with Crippen molar-refractivity contribution in [2.24, 2.45) is 5.14 Å². The molecule has 0 aliphatic carbocycles. The lowest BCUT2D eigenvalue weighted by Crippen LogP contribution is -2.30. The highest BCUT2D eigenvalue weighted by molar-refractivity contribution is 7.89. The van der Waals surface area contributed by atoms with Gasteiger partial charge in [0.05, 0.1) is 11.3 Å². The van der Waals surface area contributed by atoms with Gasteiger partial charge in [-0.1, -0.05) is 6.07 Å². The fraction of sp³-hybridized carbons (Fsp3) is 0.417. The van der Waals surface area contributed by atoms with Crippen LogP contribution in [-0.4, -0.2) is 39.0 Å². The monoisotopic (exact) mass is 324 g/mol. The summed E-state index contributed by atoms with van der Waals surface area (Å²) in [5.74, 6) is -0.704. The lowest BCUT2D eigenvalue weighted by molar-refractivity contribution is -0.136. The number of halogens is 3. The van der Waals surface area contributed by atoms with E-state index in [0.717, 1.165) is 11.0 Å². The molecular formula is C12H15F3N2O3S. The third-order valence-corrected chi connectivity index (χ3v) is 3.87. The van der Waals surface area contributed by atoms with Gasteiger partial charge in [0.15, 0.2) is 0 Å². The highest BCUT2D eigenvalue weighted by Gasteiger charge is 2.28. The first-order valence-electron chi connectivity index (χ1n) is 5.87. The van der Waals surface area contributed by atoms with Crippen LogP contribution in [0.15, 0.2) is 23.1 Å². The summed E-state index contributed by atoms with van der Waals surface area (Å²) in [5.41, 5.74) is 0.321. The average Bonchev–Trinajstić information content (AvgIpc) is 2.33. The number of primary sulfonamides is 1. The van der Waals surface area contributed by atoms with Crippen LogP contribution in [0.3, 0.4) is 0 Å². The summed E-state index contributed by atoms with van der Waals surface area (Å²) in [6, 6.07) is 3.79. The van der Waals surface area contributed by atoms with Gasteiger partial charge >= 0.3 is 6.18 Å². The number of carbonyl (C=O) groups is 1. The lowest BCUT2D eigenvalue weighted by Gasteiger charge is -2.18. The molecule has 0 aromatic heterocycles. The van der Waals surface area contributed by atoms with Crippen LogP contribution in [0.5, 0.6) is 0 Å². The number of benzene rings is 1. The van der Waals surface area contributed by atoms with Crippen LogP contribution < -0.4 is 5.14 Å². The summed E-state index contributed by atoms with van der Waals surface area (Å²) >= 11 is 0. The van der Waals surface area contributed by atoms with Crippen LogP contribution in [0, 0.1) is 6.92 Å². The average molecular weight is 324 g/mol. The van der Waals surface area contributed by atoms with Crippen LogP contribution in [0.4, 0.5) is 13.2 Å². The molecule has 0 radical (unpaired) electrons. The molecule has 0 aliphatic heterocycles. The molecule has 1 aromatic rings. The van der Waals surface area contributed by atoms with E-state index in [1.165, 1.54) is 26.1 Å². The van der Waals surface area contributed by atoms with E-state index in [-0.39, 0.29) is 10.5 Å². The highest BCUT2D eigenvalue weighted by Crippen LogP contribution is 2.21. The van der Waals surface area contributed by atoms with Crippen LogP contribution >= 0.6 is 0 Å². The maximum atomic E-state index is 12.1. The van der Waals surface area contributed by atoms with Gasteiger partial charge in [-0.2, -0.15) is 13.2 Å². The lowest BCUT2D eigenvalue weighted by atomic mass is 10.1. The Kier molecular flexibility index (Phi) is 5.00. The van der Waals surface area contributed by atoms with Gasteiger partial charge in [-0.25, -0.2) is 13.6 Å². The van der Waals surface area contributed by atoms with Gasteiger partial charge in [0, 0.05) is 19.2 Å². The van der Waals surface area contributed by atoms with E-state index >= 15 is 0 Å². The molecule has 0 saturated carbocycles. The van der Waals surface area contributed by atoms with Gasteiger partial charge in [-0.05, 0) is 24.6 Å². The second-order valence-electron chi connectivity index (χ2n) is 4.62. The third-order valence-electron chi connectivity index (χ3n) is 2.82. The number of alkyl halides is 3. The molecule has 0 unspecified atom stereocenters. The Labute approximate surface area is 120 Å². The Morgan fingerprint density at radius 1 is 1.33 bits per heavy atom. The summed E-state index contributed by atoms with van der Waals surface area (Å²) in [5, 5.41) is 5.02. The first-order chi connectivity index (χ1) is 9.42. The number of hydrogen-bond acceptors (Lipinski definition) is 3. The molecule has 21 heavy (non-hydrogen) atoms. The van der Waals surface area contributed by atoms with Crippen molar-refractivity contribution >= 4 is 15.9 Å². The smallest absolute Gasteiger partial charge is 0.341 e. The van der Waals surface area contributed by atoms with Gasteiger partial charge in [0.25, 0.3) is 5.91 Å². The first kappa shape index (κ1) is 17.4. The normalized spacial score (nSPS) is 12.3.